The SMILES string of the molecule is C=C/C(C)=C\c1sc(C)cc1C. The van der Waals surface area contributed by atoms with Gasteiger partial charge < -0.3 is 0 Å². The van der Waals surface area contributed by atoms with Crippen LogP contribution in [0.3, 0.4) is 0 Å². The average molecular weight is 178 g/mol. The van der Waals surface area contributed by atoms with Crippen LogP contribution in [0.4, 0.5) is 0 Å². The van der Waals surface area contributed by atoms with Crippen molar-refractivity contribution in [2.75, 3.05) is 0 Å². The molecule has 0 fully saturated rings. The Morgan fingerprint density at radius 3 is 2.58 bits per heavy atom. The van der Waals surface area contributed by atoms with Crippen LogP contribution < -0.4 is 0 Å². The fourth-order valence-corrected chi connectivity index (χ4v) is 2.12. The van der Waals surface area contributed by atoms with Crippen molar-refractivity contribution in [1.82, 2.24) is 0 Å². The third-order valence-corrected chi connectivity index (χ3v) is 2.86. The molecular weight excluding hydrogens is 164 g/mol. The third kappa shape index (κ3) is 2.08. The van der Waals surface area contributed by atoms with Crippen molar-refractivity contribution in [3.63, 3.8) is 0 Å². The second-order valence-corrected chi connectivity index (χ2v) is 4.28. The summed E-state index contributed by atoms with van der Waals surface area (Å²) in [6, 6.07) is 2.22. The van der Waals surface area contributed by atoms with Crippen LogP contribution in [0.1, 0.15) is 22.2 Å². The summed E-state index contributed by atoms with van der Waals surface area (Å²) < 4.78 is 0. The lowest BCUT2D eigenvalue weighted by Gasteiger charge is -1.91. The topological polar surface area (TPSA) is 0 Å². The molecule has 64 valence electrons. The molecule has 0 atom stereocenters. The smallest absolute Gasteiger partial charge is 0.0304 e. The quantitative estimate of drug-likeness (QED) is 0.601. The van der Waals surface area contributed by atoms with Gasteiger partial charge in [-0.2, -0.15) is 0 Å². The molecule has 0 nitrogen and oxygen atoms in total. The predicted molar refractivity (Wildman–Crippen MR) is 57.6 cm³/mol. The lowest BCUT2D eigenvalue weighted by Crippen LogP contribution is -1.70. The standard InChI is InChI=1S/C11H14S/c1-5-8(2)6-11-9(3)7-10(4)12-11/h5-7H,1H2,2-4H3/b8-6-. The molecule has 0 unspecified atom stereocenters. The molecule has 0 amide bonds. The molecule has 0 aliphatic heterocycles. The van der Waals surface area contributed by atoms with Crippen molar-refractivity contribution >= 4 is 17.4 Å². The maximum absolute atomic E-state index is 3.73. The maximum atomic E-state index is 3.73. The summed E-state index contributed by atoms with van der Waals surface area (Å²) in [6.45, 7) is 10.1. The fourth-order valence-electron chi connectivity index (χ4n) is 1.07. The Balaban J connectivity index is 3.03. The summed E-state index contributed by atoms with van der Waals surface area (Å²) in [6.07, 6.45) is 4.06. The van der Waals surface area contributed by atoms with Crippen LogP contribution in [0, 0.1) is 13.8 Å². The van der Waals surface area contributed by atoms with E-state index in [1.54, 1.807) is 0 Å². The molecule has 1 heteroatoms. The van der Waals surface area contributed by atoms with E-state index >= 15 is 0 Å². The number of rotatable bonds is 2. The van der Waals surface area contributed by atoms with Gasteiger partial charge in [-0.05, 0) is 38.5 Å². The molecule has 12 heavy (non-hydrogen) atoms. The number of allylic oxidation sites excluding steroid dienone is 2. The minimum Gasteiger partial charge on any atom is -0.141 e. The molecule has 1 aromatic heterocycles. The Labute approximate surface area is 78.2 Å². The highest BCUT2D eigenvalue weighted by Gasteiger charge is 1.98. The first-order valence-electron chi connectivity index (χ1n) is 4.01. The molecule has 0 aliphatic carbocycles. The molecule has 0 saturated carbocycles. The predicted octanol–water partition coefficient (Wildman–Crippen LogP) is 3.95. The lowest BCUT2D eigenvalue weighted by molar-refractivity contribution is 1.48. The van der Waals surface area contributed by atoms with Crippen molar-refractivity contribution in [3.8, 4) is 0 Å². The van der Waals surface area contributed by atoms with Crippen molar-refractivity contribution < 1.29 is 0 Å². The molecule has 0 radical (unpaired) electrons. The Bertz CT molecular complexity index is 316. The largest absolute Gasteiger partial charge is 0.141 e. The minimum atomic E-state index is 1.22. The van der Waals surface area contributed by atoms with E-state index in [-0.39, 0.29) is 0 Å². The Kier molecular flexibility index (Phi) is 2.88. The van der Waals surface area contributed by atoms with Gasteiger partial charge >= 0.3 is 0 Å². The Morgan fingerprint density at radius 2 is 2.17 bits per heavy atom. The molecule has 1 rings (SSSR count). The van der Waals surface area contributed by atoms with Gasteiger partial charge in [0.15, 0.2) is 0 Å². The van der Waals surface area contributed by atoms with Crippen molar-refractivity contribution in [2.24, 2.45) is 0 Å². The van der Waals surface area contributed by atoms with Crippen molar-refractivity contribution in [2.45, 2.75) is 20.8 Å². The maximum Gasteiger partial charge on any atom is 0.0304 e. The average Bonchev–Trinajstić information content (AvgIpc) is 2.30. The third-order valence-electron chi connectivity index (χ3n) is 1.76. The molecule has 1 heterocycles. The molecule has 0 spiro atoms. The molecule has 1 aromatic rings. The highest BCUT2D eigenvalue weighted by molar-refractivity contribution is 7.13. The Hall–Kier alpha value is -0.820. The molecule has 0 bridgehead atoms. The lowest BCUT2D eigenvalue weighted by atomic mass is 10.2. The van der Waals surface area contributed by atoms with Gasteiger partial charge in [-0.25, -0.2) is 0 Å². The zero-order chi connectivity index (χ0) is 9.14. The highest BCUT2D eigenvalue weighted by Crippen LogP contribution is 2.23. The zero-order valence-corrected chi connectivity index (χ0v) is 8.66. The van der Waals surface area contributed by atoms with Crippen molar-refractivity contribution in [3.05, 3.63) is 39.6 Å². The van der Waals surface area contributed by atoms with Gasteiger partial charge in [-0.15, -0.1) is 11.3 Å². The van der Waals surface area contributed by atoms with E-state index in [4.69, 9.17) is 0 Å². The molecule has 0 saturated heterocycles. The van der Waals surface area contributed by atoms with E-state index in [0.717, 1.165) is 0 Å². The summed E-state index contributed by atoms with van der Waals surface area (Å²) in [4.78, 5) is 2.72. The van der Waals surface area contributed by atoms with Gasteiger partial charge in [0.2, 0.25) is 0 Å². The van der Waals surface area contributed by atoms with Crippen LogP contribution in [-0.2, 0) is 0 Å². The fraction of sp³-hybridized carbons (Fsp3) is 0.273. The summed E-state index contributed by atoms with van der Waals surface area (Å²) in [5, 5.41) is 0. The molecule has 0 aliphatic rings. The van der Waals surface area contributed by atoms with Crippen LogP contribution >= 0.6 is 11.3 Å². The normalized spacial score (nSPS) is 11.8. The van der Waals surface area contributed by atoms with Gasteiger partial charge in [0.05, 0.1) is 0 Å². The molecular formula is C11H14S. The van der Waals surface area contributed by atoms with Crippen LogP contribution in [-0.4, -0.2) is 0 Å². The van der Waals surface area contributed by atoms with E-state index in [0.29, 0.717) is 0 Å². The summed E-state index contributed by atoms with van der Waals surface area (Å²) in [5.41, 5.74) is 2.58. The van der Waals surface area contributed by atoms with E-state index in [1.165, 1.54) is 20.9 Å². The van der Waals surface area contributed by atoms with Crippen LogP contribution in [0.2, 0.25) is 0 Å². The van der Waals surface area contributed by atoms with Gasteiger partial charge in [-0.3, -0.25) is 0 Å². The van der Waals surface area contributed by atoms with E-state index in [9.17, 15) is 0 Å². The monoisotopic (exact) mass is 178 g/mol. The number of thiophene rings is 1. The van der Waals surface area contributed by atoms with Gasteiger partial charge in [-0.1, -0.05) is 18.2 Å². The number of hydrogen-bond acceptors (Lipinski definition) is 1. The summed E-state index contributed by atoms with van der Waals surface area (Å²) >= 11 is 1.83. The molecule has 0 N–H and O–H groups in total. The van der Waals surface area contributed by atoms with E-state index in [2.05, 4.69) is 39.5 Å². The highest BCUT2D eigenvalue weighted by atomic mass is 32.1. The second-order valence-electron chi connectivity index (χ2n) is 3.00. The van der Waals surface area contributed by atoms with Gasteiger partial charge in [0.25, 0.3) is 0 Å². The van der Waals surface area contributed by atoms with Crippen LogP contribution in [0.5, 0.6) is 0 Å². The Morgan fingerprint density at radius 1 is 1.50 bits per heavy atom. The van der Waals surface area contributed by atoms with Crippen LogP contribution in [0.25, 0.3) is 6.08 Å². The zero-order valence-electron chi connectivity index (χ0n) is 7.85. The van der Waals surface area contributed by atoms with E-state index in [1.807, 2.05) is 17.4 Å². The van der Waals surface area contributed by atoms with Crippen molar-refractivity contribution in [1.29, 1.82) is 0 Å². The number of hydrogen-bond donors (Lipinski definition) is 0. The molecule has 0 aromatic carbocycles. The first kappa shape index (κ1) is 9.27. The first-order valence-corrected chi connectivity index (χ1v) is 4.83. The number of aryl methyl sites for hydroxylation is 2. The van der Waals surface area contributed by atoms with Gasteiger partial charge in [0, 0.05) is 9.75 Å². The second kappa shape index (κ2) is 3.72. The first-order chi connectivity index (χ1) is 5.63. The van der Waals surface area contributed by atoms with Gasteiger partial charge in [0.1, 0.15) is 0 Å². The summed E-state index contributed by atoms with van der Waals surface area (Å²) in [7, 11) is 0. The summed E-state index contributed by atoms with van der Waals surface area (Å²) in [5.74, 6) is 0. The van der Waals surface area contributed by atoms with Crippen LogP contribution in [0.15, 0.2) is 24.3 Å². The minimum absolute atomic E-state index is 1.22. The van der Waals surface area contributed by atoms with E-state index < -0.39 is 0 Å².